The van der Waals surface area contributed by atoms with Gasteiger partial charge < -0.3 is 14.5 Å². The van der Waals surface area contributed by atoms with Crippen molar-refractivity contribution in [2.75, 3.05) is 32.8 Å². The Labute approximate surface area is 165 Å². The lowest BCUT2D eigenvalue weighted by Crippen LogP contribution is -2.41. The summed E-state index contributed by atoms with van der Waals surface area (Å²) >= 11 is 0. The van der Waals surface area contributed by atoms with E-state index in [9.17, 15) is 13.2 Å². The van der Waals surface area contributed by atoms with Gasteiger partial charge in [-0.25, -0.2) is 0 Å². The molecule has 0 aliphatic carbocycles. The van der Waals surface area contributed by atoms with Crippen LogP contribution in [0.2, 0.25) is 0 Å². The Morgan fingerprint density at radius 1 is 1.11 bits per heavy atom. The second kappa shape index (κ2) is 7.67. The summed E-state index contributed by atoms with van der Waals surface area (Å²) in [5.74, 6) is 0.558. The molecule has 2 fully saturated rings. The molecular formula is C20H25N3O4S. The van der Waals surface area contributed by atoms with Crippen LogP contribution in [0, 0.1) is 0 Å². The molecule has 0 radical (unpaired) electrons. The zero-order valence-corrected chi connectivity index (χ0v) is 16.8. The van der Waals surface area contributed by atoms with Crippen molar-refractivity contribution in [1.82, 2.24) is 9.80 Å². The molecule has 2 saturated heterocycles. The van der Waals surface area contributed by atoms with Crippen molar-refractivity contribution >= 4 is 26.7 Å². The Balaban J connectivity index is 1.53. The number of carbonyl (C=O) groups is 1. The fourth-order valence-corrected chi connectivity index (χ4v) is 5.58. The summed E-state index contributed by atoms with van der Waals surface area (Å²) < 4.78 is 35.0. The molecule has 3 heterocycles. The van der Waals surface area contributed by atoms with E-state index in [-0.39, 0.29) is 16.9 Å². The summed E-state index contributed by atoms with van der Waals surface area (Å²) in [6.45, 7) is 4.90. The van der Waals surface area contributed by atoms with Crippen molar-refractivity contribution < 1.29 is 17.9 Å². The third kappa shape index (κ3) is 3.58. The summed E-state index contributed by atoms with van der Waals surface area (Å²) in [7, 11) is -3.72. The molecule has 1 amide bonds. The van der Waals surface area contributed by atoms with Gasteiger partial charge in [-0.05, 0) is 31.7 Å². The van der Waals surface area contributed by atoms with Gasteiger partial charge in [0.15, 0.2) is 0 Å². The number of benzene rings is 1. The van der Waals surface area contributed by atoms with E-state index in [0.29, 0.717) is 49.8 Å². The number of ether oxygens (including phenoxy) is 1. The monoisotopic (exact) mass is 403 g/mol. The summed E-state index contributed by atoms with van der Waals surface area (Å²) in [5.41, 5.74) is 1.33. The fraction of sp³-hybridized carbons (Fsp3) is 0.500. The van der Waals surface area contributed by atoms with Gasteiger partial charge in [0.05, 0.1) is 0 Å². The zero-order valence-electron chi connectivity index (χ0n) is 16.0. The minimum Gasteiger partial charge on any atom is -0.368 e. The number of amides is 1. The third-order valence-corrected chi connectivity index (χ3v) is 6.96. The number of sulfonamides is 1. The normalized spacial score (nSPS) is 25.0. The maximum atomic E-state index is 12.7. The molecule has 3 aliphatic heterocycles. The number of hydrogen-bond donors (Lipinski definition) is 0. The molecule has 8 heteroatoms. The molecular weight excluding hydrogens is 378 g/mol. The predicted molar refractivity (Wildman–Crippen MR) is 107 cm³/mol. The number of nitrogens with zero attached hydrogens (tertiary/aromatic N) is 3. The SMILES string of the molecule is CC1=C(c2ccccc2)S(=O)(=O)N=C1N1CCCN(C(=O)[C@H]2CCCO2)CC1. The molecule has 3 aliphatic rings. The highest BCUT2D eigenvalue weighted by molar-refractivity contribution is 8.00. The highest BCUT2D eigenvalue weighted by atomic mass is 32.2. The Morgan fingerprint density at radius 2 is 1.89 bits per heavy atom. The van der Waals surface area contributed by atoms with Crippen LogP contribution >= 0.6 is 0 Å². The van der Waals surface area contributed by atoms with E-state index in [4.69, 9.17) is 4.74 Å². The van der Waals surface area contributed by atoms with Gasteiger partial charge in [-0.3, -0.25) is 4.79 Å². The van der Waals surface area contributed by atoms with Crippen molar-refractivity contribution in [2.45, 2.75) is 32.3 Å². The quantitative estimate of drug-likeness (QED) is 0.753. The zero-order chi connectivity index (χ0) is 19.7. The molecule has 150 valence electrons. The van der Waals surface area contributed by atoms with Crippen LogP contribution in [0.5, 0.6) is 0 Å². The Kier molecular flexibility index (Phi) is 5.25. The largest absolute Gasteiger partial charge is 0.368 e. The maximum Gasteiger partial charge on any atom is 0.285 e. The first kappa shape index (κ1) is 19.1. The standard InChI is InChI=1S/C20H25N3O4S/c1-15-18(16-7-3-2-4-8-16)28(25,26)21-19(15)22-10-6-11-23(13-12-22)20(24)17-9-5-14-27-17/h2-4,7-8,17H,5-6,9-14H2,1H3/t17-/m1/s1. The summed E-state index contributed by atoms with van der Waals surface area (Å²) in [6.07, 6.45) is 2.16. The maximum absolute atomic E-state index is 12.7. The molecule has 0 spiro atoms. The Morgan fingerprint density at radius 3 is 2.61 bits per heavy atom. The summed E-state index contributed by atoms with van der Waals surface area (Å²) in [4.78, 5) is 16.7. The van der Waals surface area contributed by atoms with Crippen molar-refractivity contribution in [3.05, 3.63) is 41.5 Å². The van der Waals surface area contributed by atoms with Crippen LogP contribution in [0.1, 0.15) is 31.7 Å². The van der Waals surface area contributed by atoms with Crippen molar-refractivity contribution in [3.8, 4) is 0 Å². The second-order valence-electron chi connectivity index (χ2n) is 7.38. The lowest BCUT2D eigenvalue weighted by Gasteiger charge is -2.25. The van der Waals surface area contributed by atoms with Crippen LogP contribution in [0.15, 0.2) is 40.3 Å². The van der Waals surface area contributed by atoms with E-state index in [1.54, 1.807) is 12.1 Å². The van der Waals surface area contributed by atoms with Gasteiger partial charge in [0, 0.05) is 38.4 Å². The average Bonchev–Trinajstić information content (AvgIpc) is 3.21. The van der Waals surface area contributed by atoms with Crippen LogP contribution in [0.4, 0.5) is 0 Å². The van der Waals surface area contributed by atoms with E-state index in [2.05, 4.69) is 4.40 Å². The minimum absolute atomic E-state index is 0.0533. The highest BCUT2D eigenvalue weighted by Crippen LogP contribution is 2.33. The van der Waals surface area contributed by atoms with Gasteiger partial charge in [-0.15, -0.1) is 4.40 Å². The van der Waals surface area contributed by atoms with Crippen molar-refractivity contribution in [3.63, 3.8) is 0 Å². The van der Waals surface area contributed by atoms with Crippen LogP contribution in [0.3, 0.4) is 0 Å². The number of rotatable bonds is 2. The van der Waals surface area contributed by atoms with Crippen LogP contribution < -0.4 is 0 Å². The van der Waals surface area contributed by atoms with Gasteiger partial charge in [-0.2, -0.15) is 8.42 Å². The lowest BCUT2D eigenvalue weighted by atomic mass is 10.1. The number of amidine groups is 1. The number of hydrogen-bond acceptors (Lipinski definition) is 5. The predicted octanol–water partition coefficient (Wildman–Crippen LogP) is 1.87. The smallest absolute Gasteiger partial charge is 0.285 e. The van der Waals surface area contributed by atoms with E-state index in [1.165, 1.54) is 0 Å². The summed E-state index contributed by atoms with van der Waals surface area (Å²) in [6, 6.07) is 9.09. The van der Waals surface area contributed by atoms with E-state index in [0.717, 1.165) is 19.3 Å². The molecule has 0 aromatic heterocycles. The van der Waals surface area contributed by atoms with Crippen LogP contribution in [0.25, 0.3) is 4.91 Å². The van der Waals surface area contributed by atoms with Gasteiger partial charge in [0.2, 0.25) is 0 Å². The van der Waals surface area contributed by atoms with E-state index < -0.39 is 10.0 Å². The average molecular weight is 404 g/mol. The number of carbonyl (C=O) groups excluding carboxylic acids is 1. The third-order valence-electron chi connectivity index (χ3n) is 5.49. The first-order chi connectivity index (χ1) is 13.5. The van der Waals surface area contributed by atoms with Gasteiger partial charge in [0.25, 0.3) is 15.9 Å². The second-order valence-corrected chi connectivity index (χ2v) is 8.92. The molecule has 0 N–H and O–H groups in total. The Bertz CT molecular complexity index is 918. The van der Waals surface area contributed by atoms with Crippen molar-refractivity contribution in [1.29, 1.82) is 0 Å². The van der Waals surface area contributed by atoms with Gasteiger partial charge >= 0.3 is 0 Å². The minimum atomic E-state index is -3.72. The topological polar surface area (TPSA) is 79.3 Å². The van der Waals surface area contributed by atoms with Gasteiger partial charge in [0.1, 0.15) is 16.8 Å². The molecule has 0 saturated carbocycles. The molecule has 1 aromatic rings. The molecule has 1 atom stereocenters. The fourth-order valence-electron chi connectivity index (χ4n) is 4.10. The molecule has 0 bridgehead atoms. The van der Waals surface area contributed by atoms with Gasteiger partial charge in [-0.1, -0.05) is 30.3 Å². The van der Waals surface area contributed by atoms with Crippen LogP contribution in [-0.2, 0) is 19.6 Å². The molecule has 0 unspecified atom stereocenters. The van der Waals surface area contributed by atoms with Crippen molar-refractivity contribution in [2.24, 2.45) is 4.40 Å². The van der Waals surface area contributed by atoms with Crippen LogP contribution in [-0.4, -0.2) is 68.9 Å². The molecule has 28 heavy (non-hydrogen) atoms. The Hall–Kier alpha value is -2.19. The molecule has 4 rings (SSSR count). The molecule has 7 nitrogen and oxygen atoms in total. The lowest BCUT2D eigenvalue weighted by molar-refractivity contribution is -0.140. The highest BCUT2D eigenvalue weighted by Gasteiger charge is 2.35. The first-order valence-corrected chi connectivity index (χ1v) is 11.2. The van der Waals surface area contributed by atoms with E-state index in [1.807, 2.05) is 34.9 Å². The summed E-state index contributed by atoms with van der Waals surface area (Å²) in [5, 5.41) is 0. The van der Waals surface area contributed by atoms with E-state index >= 15 is 0 Å². The molecule has 1 aromatic carbocycles. The first-order valence-electron chi connectivity index (χ1n) is 9.74.